The van der Waals surface area contributed by atoms with Gasteiger partial charge in [-0.25, -0.2) is 28.7 Å². The lowest BCUT2D eigenvalue weighted by molar-refractivity contribution is -0.542. The maximum absolute atomic E-state index is 9.79. The van der Waals surface area contributed by atoms with E-state index in [1.54, 1.807) is 0 Å². The molecule has 0 spiro atoms. The molecule has 0 radical (unpaired) electrons. The highest BCUT2D eigenvalue weighted by Crippen LogP contribution is 1.80. The number of aromatic nitrogens is 2. The number of rotatable bonds is 1. The summed E-state index contributed by atoms with van der Waals surface area (Å²) in [5.74, 6) is 0. The van der Waals surface area contributed by atoms with Crippen LogP contribution >= 0.6 is 0 Å². The summed E-state index contributed by atoms with van der Waals surface area (Å²) in [5.41, 5.74) is 0. The molecule has 1 rings (SSSR count). The molecule has 8 nitrogen and oxygen atoms in total. The highest BCUT2D eigenvalue weighted by molar-refractivity contribution is 7.69. The molecule has 68 valence electrons. The summed E-state index contributed by atoms with van der Waals surface area (Å²) in [6.07, 6.45) is 3.74. The van der Waals surface area contributed by atoms with Gasteiger partial charge in [0.05, 0.1) is 12.4 Å². The van der Waals surface area contributed by atoms with Crippen molar-refractivity contribution in [1.82, 2.24) is 9.66 Å². The van der Waals surface area contributed by atoms with Gasteiger partial charge in [-0.3, -0.25) is 0 Å². The van der Waals surface area contributed by atoms with E-state index in [2.05, 4.69) is 10.1 Å². The monoisotopic (exact) mass is 194 g/mol. The molecule has 0 bridgehead atoms. The first kappa shape index (κ1) is 10.5. The zero-order valence-corrected chi connectivity index (χ0v) is 6.63. The van der Waals surface area contributed by atoms with Gasteiger partial charge in [0.15, 0.2) is 22.2 Å². The minimum atomic E-state index is -2.62. The van der Waals surface area contributed by atoms with Crippen molar-refractivity contribution in [2.45, 2.75) is 0 Å². The Morgan fingerprint density at radius 1 is 1.58 bits per heavy atom. The highest BCUT2D eigenvalue weighted by atomic mass is 32.2. The van der Waals surface area contributed by atoms with Gasteiger partial charge in [0.2, 0.25) is 0 Å². The lowest BCUT2D eigenvalue weighted by Crippen LogP contribution is -2.04. The van der Waals surface area contributed by atoms with Crippen LogP contribution in [-0.2, 0) is 10.9 Å². The first-order chi connectivity index (χ1) is 5.54. The Bertz CT molecular complexity index is 296. The zero-order chi connectivity index (χ0) is 9.56. The van der Waals surface area contributed by atoms with Gasteiger partial charge in [-0.2, -0.15) is 0 Å². The number of thiol groups is 1. The van der Waals surface area contributed by atoms with Crippen LogP contribution in [-0.4, -0.2) is 23.1 Å². The third-order valence-corrected chi connectivity index (χ3v) is 0.679. The van der Waals surface area contributed by atoms with Crippen molar-refractivity contribution in [3.8, 4) is 0 Å². The molecule has 0 saturated heterocycles. The summed E-state index contributed by atoms with van der Waals surface area (Å²) in [7, 11) is -2.62. The van der Waals surface area contributed by atoms with Gasteiger partial charge < -0.3 is 0 Å². The minimum absolute atomic E-state index is 0.562. The van der Waals surface area contributed by atoms with Gasteiger partial charge in [-0.1, -0.05) is 4.68 Å². The minimum Gasteiger partial charge on any atom is -0.239 e. The molecular formula is C3H6N4O4S. The van der Waals surface area contributed by atoms with Crippen molar-refractivity contribution in [2.75, 3.05) is 0 Å². The molecule has 9 heteroatoms. The van der Waals surface area contributed by atoms with Crippen LogP contribution in [0, 0.1) is 10.1 Å². The van der Waals surface area contributed by atoms with Crippen LogP contribution in [0.2, 0.25) is 0 Å². The van der Waals surface area contributed by atoms with Gasteiger partial charge in [0, 0.05) is 0 Å². The SMILES string of the molecule is N[SH](=O)=O.O=[N+]([O-])n1ccnc1. The molecular weight excluding hydrogens is 188 g/mol. The number of imidazole rings is 1. The quantitative estimate of drug-likeness (QED) is 0.316. The van der Waals surface area contributed by atoms with E-state index in [4.69, 9.17) is 8.42 Å². The van der Waals surface area contributed by atoms with E-state index >= 15 is 0 Å². The Morgan fingerprint density at radius 3 is 2.25 bits per heavy atom. The second kappa shape index (κ2) is 5.21. The van der Waals surface area contributed by atoms with E-state index in [9.17, 15) is 10.1 Å². The number of nitrogens with zero attached hydrogens (tertiary/aromatic N) is 3. The fourth-order valence-corrected chi connectivity index (χ4v) is 0.349. The lowest BCUT2D eigenvalue weighted by Gasteiger charge is -1.81. The molecule has 0 atom stereocenters. The first-order valence-electron chi connectivity index (χ1n) is 2.55. The van der Waals surface area contributed by atoms with Gasteiger partial charge in [-0.15, -0.1) is 0 Å². The summed E-state index contributed by atoms with van der Waals surface area (Å²) in [5, 5.41) is 13.3. The second-order valence-corrected chi connectivity index (χ2v) is 2.04. The predicted molar refractivity (Wildman–Crippen MR) is 39.1 cm³/mol. The number of nitro groups is 1. The van der Waals surface area contributed by atoms with Gasteiger partial charge >= 0.3 is 0 Å². The van der Waals surface area contributed by atoms with E-state index < -0.39 is 15.9 Å². The molecule has 0 fully saturated rings. The summed E-state index contributed by atoms with van der Waals surface area (Å²) in [6, 6.07) is 0. The van der Waals surface area contributed by atoms with E-state index in [1.165, 1.54) is 12.4 Å². The predicted octanol–water partition coefficient (Wildman–Crippen LogP) is -1.61. The van der Waals surface area contributed by atoms with Gasteiger partial charge in [-0.05, 0) is 0 Å². The van der Waals surface area contributed by atoms with E-state index in [0.717, 1.165) is 11.0 Å². The third kappa shape index (κ3) is 5.32. The molecule has 0 aromatic carbocycles. The van der Waals surface area contributed by atoms with Crippen molar-refractivity contribution in [3.63, 3.8) is 0 Å². The maximum Gasteiger partial charge on any atom is 0.198 e. The Labute approximate surface area is 68.8 Å². The Kier molecular flexibility index (Phi) is 4.57. The van der Waals surface area contributed by atoms with Crippen LogP contribution in [0.1, 0.15) is 0 Å². The largest absolute Gasteiger partial charge is 0.239 e. The fourth-order valence-electron chi connectivity index (χ4n) is 0.349. The molecule has 0 unspecified atom stereocenters. The average molecular weight is 194 g/mol. The van der Waals surface area contributed by atoms with Crippen molar-refractivity contribution < 1.29 is 13.5 Å². The van der Waals surface area contributed by atoms with Crippen LogP contribution in [0.15, 0.2) is 18.7 Å². The molecule has 0 aliphatic rings. The van der Waals surface area contributed by atoms with Gasteiger partial charge in [0.1, 0.15) is 0 Å². The zero-order valence-electron chi connectivity index (χ0n) is 5.73. The van der Waals surface area contributed by atoms with Crippen LogP contribution < -0.4 is 5.14 Å². The molecule has 2 N–H and O–H groups in total. The summed E-state index contributed by atoms with van der Waals surface area (Å²) in [6.45, 7) is 0. The number of hydrogen-bond acceptors (Lipinski definition) is 5. The second-order valence-electron chi connectivity index (χ2n) is 1.47. The summed E-state index contributed by atoms with van der Waals surface area (Å²) in [4.78, 5) is 13.3. The third-order valence-electron chi connectivity index (χ3n) is 0.679. The molecule has 1 heterocycles. The van der Waals surface area contributed by atoms with Crippen LogP contribution in [0.25, 0.3) is 0 Å². The Hall–Kier alpha value is -1.48. The van der Waals surface area contributed by atoms with Crippen molar-refractivity contribution in [2.24, 2.45) is 5.14 Å². The van der Waals surface area contributed by atoms with Crippen molar-refractivity contribution in [3.05, 3.63) is 28.8 Å². The molecule has 0 amide bonds. The number of hydrogen-bond donors (Lipinski definition) is 2. The van der Waals surface area contributed by atoms with Crippen molar-refractivity contribution in [1.29, 1.82) is 0 Å². The van der Waals surface area contributed by atoms with Crippen LogP contribution in [0.5, 0.6) is 0 Å². The first-order valence-corrected chi connectivity index (χ1v) is 3.80. The van der Waals surface area contributed by atoms with Crippen LogP contribution in [0.4, 0.5) is 0 Å². The van der Waals surface area contributed by atoms with E-state index in [-0.39, 0.29) is 0 Å². The topological polar surface area (TPSA) is 121 Å². The smallest absolute Gasteiger partial charge is 0.198 e. The Morgan fingerprint density at radius 2 is 2.08 bits per heavy atom. The number of nitrogens with two attached hydrogens (primary N) is 1. The molecule has 1 aromatic rings. The standard InChI is InChI=1S/C3H3N3O2.H3NO2S/c7-6(8)5-2-1-4-3-5;1-4(2)3/h1-3H;4H,(H2,1,2,3). The molecule has 1 aromatic heterocycles. The lowest BCUT2D eigenvalue weighted by atomic mass is 11.0. The highest BCUT2D eigenvalue weighted by Gasteiger charge is 1.94. The molecule has 12 heavy (non-hydrogen) atoms. The average Bonchev–Trinajstić information content (AvgIpc) is 2.34. The van der Waals surface area contributed by atoms with E-state index in [0.29, 0.717) is 0 Å². The fraction of sp³-hybridized carbons (Fsp3) is 0. The summed E-state index contributed by atoms with van der Waals surface area (Å²) < 4.78 is 18.4. The molecule has 0 aliphatic heterocycles. The van der Waals surface area contributed by atoms with E-state index in [1.807, 2.05) is 0 Å². The van der Waals surface area contributed by atoms with Gasteiger partial charge in [0.25, 0.3) is 0 Å². The molecule has 0 aliphatic carbocycles. The maximum atomic E-state index is 9.79. The van der Waals surface area contributed by atoms with Crippen molar-refractivity contribution >= 4 is 10.9 Å². The summed E-state index contributed by atoms with van der Waals surface area (Å²) >= 11 is 0. The normalized spacial score (nSPS) is 8.83. The van der Waals surface area contributed by atoms with Crippen LogP contribution in [0.3, 0.4) is 0 Å². The molecule has 0 saturated carbocycles. The Balaban J connectivity index is 0.000000261.